The molecular weight excluding hydrogens is 414 g/mol. The predicted octanol–water partition coefficient (Wildman–Crippen LogP) is 3.65. The predicted molar refractivity (Wildman–Crippen MR) is 125 cm³/mol. The van der Waals surface area contributed by atoms with E-state index in [0.717, 1.165) is 42.9 Å². The first-order chi connectivity index (χ1) is 16.0. The first-order valence-corrected chi connectivity index (χ1v) is 12.1. The van der Waals surface area contributed by atoms with Crippen LogP contribution in [0.4, 0.5) is 0 Å². The minimum Gasteiger partial charge on any atom is -0.493 e. The van der Waals surface area contributed by atoms with Gasteiger partial charge in [-0.25, -0.2) is 0 Å². The van der Waals surface area contributed by atoms with Crippen LogP contribution in [0.1, 0.15) is 35.6 Å². The highest BCUT2D eigenvalue weighted by atomic mass is 16.6. The Labute approximate surface area is 195 Å². The first-order valence-electron chi connectivity index (χ1n) is 12.1. The molecule has 6 aliphatic rings. The average molecular weight is 446 g/mol. The minimum atomic E-state index is -0.712. The molecule has 2 spiro atoms. The maximum atomic E-state index is 11.7. The molecule has 2 aliphatic heterocycles. The summed E-state index contributed by atoms with van der Waals surface area (Å²) in [5.41, 5.74) is 2.66. The first kappa shape index (κ1) is 20.1. The van der Waals surface area contributed by atoms with Crippen molar-refractivity contribution in [2.45, 2.75) is 48.5 Å². The largest absolute Gasteiger partial charge is 0.493 e. The zero-order valence-corrected chi connectivity index (χ0v) is 19.5. The summed E-state index contributed by atoms with van der Waals surface area (Å²) in [7, 11) is 5.76. The number of benzene rings is 2. The molecule has 1 saturated heterocycles. The summed E-state index contributed by atoms with van der Waals surface area (Å²) in [5.74, 6) is 1.59. The number of aliphatic hydroxyl groups excluding tert-OH is 1. The SMILES string of the molecule is COc1ccc2c3c1O[C@H]1C4(OC)C=C[C@]5(C[C@@H]4[C@@H](O)c4ccccc4)[C@@H](C2)N(C)CC[C@]315. The molecule has 172 valence electrons. The van der Waals surface area contributed by atoms with Crippen LogP contribution in [0.15, 0.2) is 54.6 Å². The zero-order chi connectivity index (χ0) is 22.6. The van der Waals surface area contributed by atoms with E-state index in [0.29, 0.717) is 6.04 Å². The van der Waals surface area contributed by atoms with E-state index in [1.807, 2.05) is 30.3 Å². The Morgan fingerprint density at radius 2 is 1.94 bits per heavy atom. The van der Waals surface area contributed by atoms with E-state index in [1.54, 1.807) is 14.2 Å². The van der Waals surface area contributed by atoms with Crippen molar-refractivity contribution in [2.24, 2.45) is 11.3 Å². The van der Waals surface area contributed by atoms with Gasteiger partial charge in [-0.15, -0.1) is 0 Å². The van der Waals surface area contributed by atoms with Gasteiger partial charge in [0, 0.05) is 30.0 Å². The van der Waals surface area contributed by atoms with Gasteiger partial charge in [0.05, 0.1) is 18.6 Å². The number of nitrogens with zero attached hydrogens (tertiary/aromatic N) is 1. The van der Waals surface area contributed by atoms with Gasteiger partial charge in [0.25, 0.3) is 0 Å². The lowest BCUT2D eigenvalue weighted by Crippen LogP contribution is -2.79. The van der Waals surface area contributed by atoms with Crippen LogP contribution in [0.25, 0.3) is 0 Å². The number of piperidine rings is 1. The summed E-state index contributed by atoms with van der Waals surface area (Å²) in [6.07, 6.45) is 6.73. The lowest BCUT2D eigenvalue weighted by molar-refractivity contribution is -0.231. The molecule has 2 aromatic rings. The smallest absolute Gasteiger partial charge is 0.166 e. The summed E-state index contributed by atoms with van der Waals surface area (Å²) in [5, 5.41) is 11.7. The van der Waals surface area contributed by atoms with E-state index in [2.05, 4.69) is 36.2 Å². The zero-order valence-electron chi connectivity index (χ0n) is 19.5. The van der Waals surface area contributed by atoms with Crippen LogP contribution in [0.3, 0.4) is 0 Å². The Bertz CT molecular complexity index is 1160. The molecule has 1 N–H and O–H groups in total. The molecule has 5 heteroatoms. The number of fused-ring (bicyclic) bond motifs is 1. The number of hydrogen-bond donors (Lipinski definition) is 1. The number of methoxy groups -OCH3 is 2. The van der Waals surface area contributed by atoms with Gasteiger partial charge in [-0.2, -0.15) is 0 Å². The summed E-state index contributed by atoms with van der Waals surface area (Å²) < 4.78 is 19.2. The van der Waals surface area contributed by atoms with E-state index < -0.39 is 11.7 Å². The van der Waals surface area contributed by atoms with E-state index in [9.17, 15) is 5.11 Å². The van der Waals surface area contributed by atoms with Gasteiger partial charge in [0.2, 0.25) is 0 Å². The third-order valence-corrected chi connectivity index (χ3v) is 9.85. The van der Waals surface area contributed by atoms with Crippen molar-refractivity contribution in [3.63, 3.8) is 0 Å². The minimum absolute atomic E-state index is 0.108. The Morgan fingerprint density at radius 3 is 2.70 bits per heavy atom. The van der Waals surface area contributed by atoms with Crippen molar-refractivity contribution in [3.8, 4) is 11.5 Å². The van der Waals surface area contributed by atoms with Crippen LogP contribution >= 0.6 is 0 Å². The monoisotopic (exact) mass is 445 g/mol. The van der Waals surface area contributed by atoms with Crippen LogP contribution in [-0.2, 0) is 16.6 Å². The van der Waals surface area contributed by atoms with Crippen molar-refractivity contribution in [1.82, 2.24) is 4.90 Å². The molecule has 1 unspecified atom stereocenters. The molecule has 2 fully saturated rings. The van der Waals surface area contributed by atoms with Crippen LogP contribution < -0.4 is 9.47 Å². The second-order valence-corrected chi connectivity index (χ2v) is 10.6. The molecule has 4 aliphatic carbocycles. The van der Waals surface area contributed by atoms with Gasteiger partial charge in [0.15, 0.2) is 11.5 Å². The second kappa shape index (κ2) is 6.41. The molecule has 2 heterocycles. The molecule has 0 radical (unpaired) electrons. The number of ether oxygens (including phenoxy) is 3. The van der Waals surface area contributed by atoms with Crippen molar-refractivity contribution < 1.29 is 19.3 Å². The molecule has 5 nitrogen and oxygen atoms in total. The average Bonchev–Trinajstić information content (AvgIpc) is 3.23. The maximum Gasteiger partial charge on any atom is 0.166 e. The fourth-order valence-electron chi connectivity index (χ4n) is 8.50. The van der Waals surface area contributed by atoms with Gasteiger partial charge in [-0.3, -0.25) is 0 Å². The van der Waals surface area contributed by atoms with Crippen LogP contribution in [-0.4, -0.2) is 55.6 Å². The van der Waals surface area contributed by atoms with E-state index in [4.69, 9.17) is 14.2 Å². The highest BCUT2D eigenvalue weighted by Gasteiger charge is 2.79. The number of likely N-dealkylation sites (tertiary alicyclic amines) is 1. The van der Waals surface area contributed by atoms with Gasteiger partial charge < -0.3 is 24.2 Å². The fourth-order valence-corrected chi connectivity index (χ4v) is 8.50. The lowest BCUT2D eigenvalue weighted by atomic mass is 9.36. The highest BCUT2D eigenvalue weighted by molar-refractivity contribution is 5.65. The van der Waals surface area contributed by atoms with Gasteiger partial charge in [0.1, 0.15) is 11.7 Å². The van der Waals surface area contributed by atoms with E-state index >= 15 is 0 Å². The second-order valence-electron chi connectivity index (χ2n) is 10.6. The Kier molecular flexibility index (Phi) is 3.90. The van der Waals surface area contributed by atoms with Crippen LogP contribution in [0, 0.1) is 11.3 Å². The van der Waals surface area contributed by atoms with Crippen molar-refractivity contribution >= 4 is 0 Å². The molecule has 33 heavy (non-hydrogen) atoms. The molecular formula is C28H31NO4. The number of aliphatic hydroxyl groups is 1. The molecule has 0 amide bonds. The summed E-state index contributed by atoms with van der Waals surface area (Å²) in [6, 6.07) is 14.7. The van der Waals surface area contributed by atoms with Gasteiger partial charge in [-0.05, 0) is 50.0 Å². The van der Waals surface area contributed by atoms with E-state index in [1.165, 1.54) is 11.1 Å². The number of rotatable bonds is 4. The number of hydrogen-bond acceptors (Lipinski definition) is 5. The van der Waals surface area contributed by atoms with Crippen molar-refractivity contribution in [3.05, 3.63) is 71.3 Å². The fraction of sp³-hybridized carbons (Fsp3) is 0.500. The Hall–Kier alpha value is -2.34. The summed E-state index contributed by atoms with van der Waals surface area (Å²) in [6.45, 7) is 1.03. The van der Waals surface area contributed by atoms with Crippen LogP contribution in [0.2, 0.25) is 0 Å². The third kappa shape index (κ3) is 2.07. The van der Waals surface area contributed by atoms with E-state index in [-0.39, 0.29) is 22.9 Å². The molecule has 1 saturated carbocycles. The Morgan fingerprint density at radius 1 is 1.12 bits per heavy atom. The van der Waals surface area contributed by atoms with Gasteiger partial charge >= 0.3 is 0 Å². The standard InChI is InChI=1S/C28H31NO4/c1-29-14-13-27-22-18-9-10-20(31-2)24(22)33-25(27)28(32-3)12-11-26(27,21(29)15-18)16-19(28)23(30)17-7-5-4-6-8-17/h4-12,19,21,23,25,30H,13-16H2,1-3H3/t19-,21-,23+,25-,26+,27+,28?/m1/s1. The highest BCUT2D eigenvalue weighted by Crippen LogP contribution is 2.75. The third-order valence-electron chi connectivity index (χ3n) is 9.85. The van der Waals surface area contributed by atoms with Gasteiger partial charge in [-0.1, -0.05) is 48.6 Å². The summed E-state index contributed by atoms with van der Waals surface area (Å²) >= 11 is 0. The molecule has 2 aromatic carbocycles. The maximum absolute atomic E-state index is 11.7. The quantitative estimate of drug-likeness (QED) is 0.728. The molecule has 8 rings (SSSR count). The Balaban J connectivity index is 1.49. The van der Waals surface area contributed by atoms with Crippen LogP contribution in [0.5, 0.6) is 11.5 Å². The topological polar surface area (TPSA) is 51.2 Å². The van der Waals surface area contributed by atoms with Crippen molar-refractivity contribution in [1.29, 1.82) is 0 Å². The lowest BCUT2D eigenvalue weighted by Gasteiger charge is -2.71. The normalized spacial score (nSPS) is 40.3. The van der Waals surface area contributed by atoms with Crippen molar-refractivity contribution in [2.75, 3.05) is 27.8 Å². The number of likely N-dealkylation sites (N-methyl/N-ethyl adjacent to an activating group) is 1. The summed E-state index contributed by atoms with van der Waals surface area (Å²) in [4.78, 5) is 2.54. The molecule has 4 bridgehead atoms. The molecule has 7 atom stereocenters. The molecule has 0 aromatic heterocycles.